The van der Waals surface area contributed by atoms with E-state index in [1.165, 1.54) is 18.9 Å². The molecule has 0 aliphatic heterocycles. The molecule has 6 heteroatoms. The molecule has 0 amide bonds. The lowest BCUT2D eigenvalue weighted by atomic mass is 10.1. The number of rotatable bonds is 8. The maximum absolute atomic E-state index is 10.5. The molecular weight excluding hydrogens is 268 g/mol. The van der Waals surface area contributed by atoms with Crippen molar-refractivity contribution >= 4 is 17.7 Å². The van der Waals surface area contributed by atoms with Crippen molar-refractivity contribution < 1.29 is 24.9 Å². The average molecular weight is 286 g/mol. The maximum Gasteiger partial charge on any atom is 0.304 e. The van der Waals surface area contributed by atoms with E-state index in [9.17, 15) is 9.90 Å². The molecule has 5 nitrogen and oxygen atoms in total. The summed E-state index contributed by atoms with van der Waals surface area (Å²) in [5.41, 5.74) is 0.752. The standard InChI is InChI=1S/C13H18O5S/c1-18-11-5-3-2-4-9(11)13(10(15)8-14)19-7-6-12(16)17/h2-5,10,13-15H,6-8H2,1H3,(H,16,17). The van der Waals surface area contributed by atoms with Crippen LogP contribution in [0.3, 0.4) is 0 Å². The molecule has 0 saturated heterocycles. The van der Waals surface area contributed by atoms with Gasteiger partial charge in [-0.05, 0) is 6.07 Å². The average Bonchev–Trinajstić information content (AvgIpc) is 2.42. The fourth-order valence-electron chi connectivity index (χ4n) is 1.68. The number of carbonyl (C=O) groups is 1. The summed E-state index contributed by atoms with van der Waals surface area (Å²) in [6.07, 6.45) is -0.954. The van der Waals surface area contributed by atoms with Gasteiger partial charge in [0.05, 0.1) is 31.5 Å². The van der Waals surface area contributed by atoms with Crippen molar-refractivity contribution in [1.29, 1.82) is 0 Å². The van der Waals surface area contributed by atoms with Crippen LogP contribution in [0.25, 0.3) is 0 Å². The molecule has 0 heterocycles. The third kappa shape index (κ3) is 4.74. The first-order chi connectivity index (χ1) is 9.10. The number of aliphatic hydroxyl groups excluding tert-OH is 2. The van der Waals surface area contributed by atoms with Gasteiger partial charge in [-0.15, -0.1) is 0 Å². The molecular formula is C13H18O5S. The van der Waals surface area contributed by atoms with Crippen LogP contribution in [0, 0.1) is 0 Å². The van der Waals surface area contributed by atoms with E-state index in [1.54, 1.807) is 12.1 Å². The van der Waals surface area contributed by atoms with Crippen LogP contribution >= 0.6 is 11.8 Å². The third-order valence-electron chi connectivity index (χ3n) is 2.60. The highest BCUT2D eigenvalue weighted by Crippen LogP contribution is 2.37. The van der Waals surface area contributed by atoms with Crippen LogP contribution < -0.4 is 4.74 Å². The van der Waals surface area contributed by atoms with Gasteiger partial charge in [-0.1, -0.05) is 18.2 Å². The Kier molecular flexibility index (Phi) is 6.69. The van der Waals surface area contributed by atoms with E-state index >= 15 is 0 Å². The second-order valence-corrected chi connectivity index (χ2v) is 5.18. The summed E-state index contributed by atoms with van der Waals surface area (Å²) < 4.78 is 5.23. The maximum atomic E-state index is 10.5. The summed E-state index contributed by atoms with van der Waals surface area (Å²) >= 11 is 1.29. The number of methoxy groups -OCH3 is 1. The number of carboxylic acids is 1. The molecule has 1 aromatic carbocycles. The zero-order valence-corrected chi connectivity index (χ0v) is 11.5. The second kappa shape index (κ2) is 8.04. The summed E-state index contributed by atoms with van der Waals surface area (Å²) in [7, 11) is 1.53. The molecule has 3 N–H and O–H groups in total. The number of aliphatic hydroxyl groups is 2. The zero-order chi connectivity index (χ0) is 14.3. The topological polar surface area (TPSA) is 87.0 Å². The first-order valence-corrected chi connectivity index (χ1v) is 6.90. The fraction of sp³-hybridized carbons (Fsp3) is 0.462. The van der Waals surface area contributed by atoms with E-state index in [2.05, 4.69) is 0 Å². The molecule has 0 aliphatic carbocycles. The van der Waals surface area contributed by atoms with E-state index in [0.717, 1.165) is 5.56 Å². The zero-order valence-electron chi connectivity index (χ0n) is 10.7. The molecule has 2 unspecified atom stereocenters. The summed E-state index contributed by atoms with van der Waals surface area (Å²) in [4.78, 5) is 10.5. The minimum atomic E-state index is -0.963. The van der Waals surface area contributed by atoms with Crippen LogP contribution in [0.4, 0.5) is 0 Å². The first kappa shape index (κ1) is 15.8. The summed E-state index contributed by atoms with van der Waals surface area (Å²) in [5.74, 6) is 0.0855. The van der Waals surface area contributed by atoms with Gasteiger partial charge in [0.25, 0.3) is 0 Å². The largest absolute Gasteiger partial charge is 0.496 e. The molecule has 19 heavy (non-hydrogen) atoms. The molecule has 0 fully saturated rings. The highest BCUT2D eigenvalue weighted by molar-refractivity contribution is 7.99. The number of hydrogen-bond donors (Lipinski definition) is 3. The number of ether oxygens (including phenoxy) is 1. The minimum Gasteiger partial charge on any atom is -0.496 e. The Morgan fingerprint density at radius 2 is 2.11 bits per heavy atom. The van der Waals surface area contributed by atoms with E-state index in [-0.39, 0.29) is 13.0 Å². The fourth-order valence-corrected chi connectivity index (χ4v) is 2.91. The van der Waals surface area contributed by atoms with Crippen LogP contribution in [-0.4, -0.2) is 46.9 Å². The van der Waals surface area contributed by atoms with Gasteiger partial charge in [-0.3, -0.25) is 4.79 Å². The normalized spacial score (nSPS) is 13.8. The van der Waals surface area contributed by atoms with Gasteiger partial charge in [0.2, 0.25) is 0 Å². The molecule has 0 aromatic heterocycles. The Bertz CT molecular complexity index is 410. The van der Waals surface area contributed by atoms with Crippen LogP contribution in [0.1, 0.15) is 17.2 Å². The van der Waals surface area contributed by atoms with Gasteiger partial charge in [0.1, 0.15) is 5.75 Å². The van der Waals surface area contributed by atoms with Crippen molar-refractivity contribution in [3.8, 4) is 5.75 Å². The Balaban J connectivity index is 2.86. The number of hydrogen-bond acceptors (Lipinski definition) is 5. The monoisotopic (exact) mass is 286 g/mol. The van der Waals surface area contributed by atoms with Crippen molar-refractivity contribution in [3.63, 3.8) is 0 Å². The Morgan fingerprint density at radius 1 is 1.42 bits per heavy atom. The number of benzene rings is 1. The predicted molar refractivity (Wildman–Crippen MR) is 73.5 cm³/mol. The minimum absolute atomic E-state index is 0.00840. The molecule has 0 radical (unpaired) electrons. The first-order valence-electron chi connectivity index (χ1n) is 5.85. The molecule has 0 bridgehead atoms. The molecule has 2 atom stereocenters. The highest BCUT2D eigenvalue weighted by Gasteiger charge is 2.24. The molecule has 1 aromatic rings. The van der Waals surface area contributed by atoms with Crippen molar-refractivity contribution in [2.24, 2.45) is 0 Å². The van der Waals surface area contributed by atoms with Crippen LogP contribution in [0.15, 0.2) is 24.3 Å². The van der Waals surface area contributed by atoms with E-state index < -0.39 is 17.3 Å². The summed E-state index contributed by atoms with van der Waals surface area (Å²) in [6, 6.07) is 7.19. The van der Waals surface area contributed by atoms with Crippen LogP contribution in [0.5, 0.6) is 5.75 Å². The summed E-state index contributed by atoms with van der Waals surface area (Å²) in [6.45, 7) is -0.386. The van der Waals surface area contributed by atoms with Gasteiger partial charge in [-0.2, -0.15) is 11.8 Å². The SMILES string of the molecule is COc1ccccc1C(SCCC(=O)O)C(O)CO. The van der Waals surface area contributed by atoms with Crippen molar-refractivity contribution in [1.82, 2.24) is 0 Å². The van der Waals surface area contributed by atoms with E-state index in [4.69, 9.17) is 14.9 Å². The lowest BCUT2D eigenvalue weighted by Crippen LogP contribution is -2.21. The molecule has 0 aliphatic rings. The number of aliphatic carboxylic acids is 1. The molecule has 0 saturated carbocycles. The van der Waals surface area contributed by atoms with Crippen LogP contribution in [-0.2, 0) is 4.79 Å². The Morgan fingerprint density at radius 3 is 2.68 bits per heavy atom. The van der Waals surface area contributed by atoms with Gasteiger partial charge < -0.3 is 20.1 Å². The highest BCUT2D eigenvalue weighted by atomic mass is 32.2. The number of para-hydroxylation sites is 1. The van der Waals surface area contributed by atoms with Gasteiger partial charge in [-0.25, -0.2) is 0 Å². The molecule has 106 valence electrons. The third-order valence-corrected chi connectivity index (χ3v) is 3.96. The smallest absolute Gasteiger partial charge is 0.304 e. The molecule has 0 spiro atoms. The second-order valence-electron chi connectivity index (χ2n) is 3.93. The quantitative estimate of drug-likeness (QED) is 0.667. The molecule has 1 rings (SSSR count). The van der Waals surface area contributed by atoms with Crippen molar-refractivity contribution in [2.75, 3.05) is 19.5 Å². The van der Waals surface area contributed by atoms with Crippen molar-refractivity contribution in [2.45, 2.75) is 17.8 Å². The van der Waals surface area contributed by atoms with E-state index in [1.807, 2.05) is 12.1 Å². The predicted octanol–water partition coefficient (Wildman–Crippen LogP) is 1.30. The Hall–Kier alpha value is -1.24. The Labute approximate surface area is 116 Å². The van der Waals surface area contributed by atoms with Crippen LogP contribution in [0.2, 0.25) is 0 Å². The van der Waals surface area contributed by atoms with Gasteiger partial charge in [0, 0.05) is 11.3 Å². The van der Waals surface area contributed by atoms with E-state index in [0.29, 0.717) is 11.5 Å². The van der Waals surface area contributed by atoms with Gasteiger partial charge >= 0.3 is 5.97 Å². The number of carboxylic acid groups (broad SMARTS) is 1. The van der Waals surface area contributed by atoms with Gasteiger partial charge in [0.15, 0.2) is 0 Å². The van der Waals surface area contributed by atoms with Crippen molar-refractivity contribution in [3.05, 3.63) is 29.8 Å². The number of thioether (sulfide) groups is 1. The summed E-state index contributed by atoms with van der Waals surface area (Å²) in [5, 5.41) is 27.2. The lowest BCUT2D eigenvalue weighted by Gasteiger charge is -2.23. The lowest BCUT2D eigenvalue weighted by molar-refractivity contribution is -0.136.